The zero-order valence-corrected chi connectivity index (χ0v) is 11.8. The standard InChI is InChI=1S/C13H15ClN2O3/c1-4-19-13(18)9(8-16(2)3)12(17)11-10(14)6-5-7-15-11/h5-8H,4H2,1-3H3. The summed E-state index contributed by atoms with van der Waals surface area (Å²) in [6.45, 7) is 1.86. The van der Waals surface area contributed by atoms with Crippen LogP contribution in [0.15, 0.2) is 30.1 Å². The molecule has 0 atom stereocenters. The van der Waals surface area contributed by atoms with Crippen LogP contribution < -0.4 is 0 Å². The molecule has 1 aromatic heterocycles. The monoisotopic (exact) mass is 282 g/mol. The predicted octanol–water partition coefficient (Wildman–Crippen LogP) is 1.93. The van der Waals surface area contributed by atoms with Crippen molar-refractivity contribution in [3.8, 4) is 0 Å². The molecule has 0 saturated carbocycles. The number of carbonyl (C=O) groups excluding carboxylic acids is 2. The summed E-state index contributed by atoms with van der Waals surface area (Å²) in [7, 11) is 3.40. The number of hydrogen-bond donors (Lipinski definition) is 0. The number of pyridine rings is 1. The molecule has 0 bridgehead atoms. The first-order valence-electron chi connectivity index (χ1n) is 5.68. The number of Topliss-reactive ketones (excluding diaryl/α,β-unsaturated/α-hetero) is 1. The van der Waals surface area contributed by atoms with Crippen molar-refractivity contribution in [2.75, 3.05) is 20.7 Å². The number of hydrogen-bond acceptors (Lipinski definition) is 5. The Kier molecular flexibility index (Phi) is 5.51. The highest BCUT2D eigenvalue weighted by Gasteiger charge is 2.24. The second kappa shape index (κ2) is 6.89. The maximum absolute atomic E-state index is 12.3. The second-order valence-corrected chi connectivity index (χ2v) is 4.30. The molecule has 0 unspecified atom stereocenters. The number of aromatic nitrogens is 1. The Morgan fingerprint density at radius 2 is 2.16 bits per heavy atom. The van der Waals surface area contributed by atoms with E-state index < -0.39 is 11.8 Å². The highest BCUT2D eigenvalue weighted by molar-refractivity contribution is 6.36. The van der Waals surface area contributed by atoms with E-state index in [4.69, 9.17) is 16.3 Å². The zero-order valence-electron chi connectivity index (χ0n) is 11.0. The number of carbonyl (C=O) groups is 2. The molecule has 0 amide bonds. The van der Waals surface area contributed by atoms with Gasteiger partial charge in [-0.25, -0.2) is 4.79 Å². The fraction of sp³-hybridized carbons (Fsp3) is 0.308. The van der Waals surface area contributed by atoms with Crippen LogP contribution in [-0.4, -0.2) is 42.3 Å². The number of esters is 1. The van der Waals surface area contributed by atoms with Gasteiger partial charge in [0.25, 0.3) is 0 Å². The number of rotatable bonds is 5. The summed E-state index contributed by atoms with van der Waals surface area (Å²) in [6, 6.07) is 3.15. The van der Waals surface area contributed by atoms with Crippen LogP contribution in [-0.2, 0) is 9.53 Å². The lowest BCUT2D eigenvalue weighted by Gasteiger charge is -2.10. The Hall–Kier alpha value is -1.88. The second-order valence-electron chi connectivity index (χ2n) is 3.89. The smallest absolute Gasteiger partial charge is 0.343 e. The van der Waals surface area contributed by atoms with Gasteiger partial charge in [0, 0.05) is 26.5 Å². The third-order valence-corrected chi connectivity index (χ3v) is 2.41. The van der Waals surface area contributed by atoms with Gasteiger partial charge in [0.05, 0.1) is 11.6 Å². The quantitative estimate of drug-likeness (QED) is 0.271. The summed E-state index contributed by atoms with van der Waals surface area (Å²) in [5.41, 5.74) is -0.0715. The Morgan fingerprint density at radius 1 is 1.47 bits per heavy atom. The fourth-order valence-corrected chi connectivity index (χ4v) is 1.56. The van der Waals surface area contributed by atoms with E-state index in [-0.39, 0.29) is 22.9 Å². The van der Waals surface area contributed by atoms with Crippen LogP contribution in [0.25, 0.3) is 0 Å². The van der Waals surface area contributed by atoms with Gasteiger partial charge in [0.2, 0.25) is 5.78 Å². The van der Waals surface area contributed by atoms with Crippen molar-refractivity contribution in [1.29, 1.82) is 0 Å². The summed E-state index contributed by atoms with van der Waals surface area (Å²) in [4.78, 5) is 29.6. The maximum atomic E-state index is 12.3. The molecule has 0 aliphatic carbocycles. The van der Waals surface area contributed by atoms with E-state index in [0.717, 1.165) is 0 Å². The van der Waals surface area contributed by atoms with Crippen molar-refractivity contribution in [2.45, 2.75) is 6.92 Å². The lowest BCUT2D eigenvalue weighted by molar-refractivity contribution is -0.138. The van der Waals surface area contributed by atoms with Gasteiger partial charge in [-0.05, 0) is 19.1 Å². The Labute approximate surface area is 116 Å². The summed E-state index contributed by atoms with van der Waals surface area (Å²) in [6.07, 6.45) is 2.84. The first-order valence-corrected chi connectivity index (χ1v) is 6.05. The molecular weight excluding hydrogens is 268 g/mol. The number of ether oxygens (including phenoxy) is 1. The summed E-state index contributed by atoms with van der Waals surface area (Å²) < 4.78 is 4.86. The molecule has 102 valence electrons. The van der Waals surface area contributed by atoms with Gasteiger partial charge in [-0.15, -0.1) is 0 Å². The molecule has 5 nitrogen and oxygen atoms in total. The summed E-state index contributed by atoms with van der Waals surface area (Å²) in [5, 5.41) is 0.196. The van der Waals surface area contributed by atoms with Gasteiger partial charge in [0.1, 0.15) is 11.3 Å². The first kappa shape index (κ1) is 15.2. The van der Waals surface area contributed by atoms with Crippen molar-refractivity contribution in [3.63, 3.8) is 0 Å². The van der Waals surface area contributed by atoms with Gasteiger partial charge in [-0.3, -0.25) is 9.78 Å². The van der Waals surface area contributed by atoms with E-state index in [9.17, 15) is 9.59 Å². The number of nitrogens with zero attached hydrogens (tertiary/aromatic N) is 2. The lowest BCUT2D eigenvalue weighted by Crippen LogP contribution is -2.20. The average molecular weight is 283 g/mol. The molecule has 19 heavy (non-hydrogen) atoms. The largest absolute Gasteiger partial charge is 0.462 e. The molecule has 0 radical (unpaired) electrons. The van der Waals surface area contributed by atoms with Gasteiger partial charge < -0.3 is 9.64 Å². The van der Waals surface area contributed by atoms with Crippen molar-refractivity contribution in [3.05, 3.63) is 40.8 Å². The molecular formula is C13H15ClN2O3. The minimum Gasteiger partial charge on any atom is -0.462 e. The highest BCUT2D eigenvalue weighted by Crippen LogP contribution is 2.17. The molecule has 0 N–H and O–H groups in total. The minimum atomic E-state index is -0.692. The molecule has 6 heteroatoms. The van der Waals surface area contributed by atoms with Crippen molar-refractivity contribution < 1.29 is 14.3 Å². The van der Waals surface area contributed by atoms with Crippen molar-refractivity contribution in [2.24, 2.45) is 0 Å². The molecule has 1 rings (SSSR count). The van der Waals surface area contributed by atoms with Crippen molar-refractivity contribution >= 4 is 23.4 Å². The maximum Gasteiger partial charge on any atom is 0.343 e. The van der Waals surface area contributed by atoms with E-state index in [1.165, 1.54) is 12.4 Å². The van der Waals surface area contributed by atoms with Crippen LogP contribution in [0.2, 0.25) is 5.02 Å². The number of ketones is 1. The van der Waals surface area contributed by atoms with Gasteiger partial charge in [0.15, 0.2) is 0 Å². The van der Waals surface area contributed by atoms with Crippen LogP contribution in [0.4, 0.5) is 0 Å². The van der Waals surface area contributed by atoms with Crippen LogP contribution >= 0.6 is 11.6 Å². The molecule has 1 heterocycles. The fourth-order valence-electron chi connectivity index (χ4n) is 1.35. The van der Waals surface area contributed by atoms with Gasteiger partial charge >= 0.3 is 5.97 Å². The van der Waals surface area contributed by atoms with E-state index in [2.05, 4.69) is 4.98 Å². The predicted molar refractivity (Wildman–Crippen MR) is 72.0 cm³/mol. The minimum absolute atomic E-state index is 0.0327. The Morgan fingerprint density at radius 3 is 2.68 bits per heavy atom. The summed E-state index contributed by atoms with van der Waals surface area (Å²) >= 11 is 5.91. The average Bonchev–Trinajstić information content (AvgIpc) is 2.36. The van der Waals surface area contributed by atoms with Crippen LogP contribution in [0, 0.1) is 0 Å². The summed E-state index contributed by atoms with van der Waals surface area (Å²) in [5.74, 6) is -1.25. The first-order chi connectivity index (χ1) is 8.97. The molecule has 1 aromatic rings. The van der Waals surface area contributed by atoms with Gasteiger partial charge in [-0.2, -0.15) is 0 Å². The van der Waals surface area contributed by atoms with Crippen molar-refractivity contribution in [1.82, 2.24) is 9.88 Å². The normalized spacial score (nSPS) is 11.1. The van der Waals surface area contributed by atoms with E-state index >= 15 is 0 Å². The van der Waals surface area contributed by atoms with Gasteiger partial charge in [-0.1, -0.05) is 11.6 Å². The lowest BCUT2D eigenvalue weighted by atomic mass is 10.1. The van der Waals surface area contributed by atoms with Crippen LogP contribution in [0.1, 0.15) is 17.4 Å². The Balaban J connectivity index is 3.16. The van der Waals surface area contributed by atoms with E-state index in [0.29, 0.717) is 0 Å². The third-order valence-electron chi connectivity index (χ3n) is 2.10. The van der Waals surface area contributed by atoms with Crippen LogP contribution in [0.3, 0.4) is 0 Å². The van der Waals surface area contributed by atoms with E-state index in [1.54, 1.807) is 38.1 Å². The third kappa shape index (κ3) is 4.06. The molecule has 0 saturated heterocycles. The molecule has 0 aromatic carbocycles. The zero-order chi connectivity index (χ0) is 14.4. The van der Waals surface area contributed by atoms with E-state index in [1.807, 2.05) is 0 Å². The Bertz CT molecular complexity index is 512. The number of halogens is 1. The SMILES string of the molecule is CCOC(=O)C(=CN(C)C)C(=O)c1ncccc1Cl. The molecule has 0 spiro atoms. The molecule has 0 fully saturated rings. The molecule has 0 aliphatic rings. The topological polar surface area (TPSA) is 59.5 Å². The highest BCUT2D eigenvalue weighted by atomic mass is 35.5. The molecule has 0 aliphatic heterocycles. The van der Waals surface area contributed by atoms with Crippen LogP contribution in [0.5, 0.6) is 0 Å².